The van der Waals surface area contributed by atoms with Crippen molar-refractivity contribution in [2.45, 2.75) is 26.5 Å². The fraction of sp³-hybridized carbons (Fsp3) is 0.300. The van der Waals surface area contributed by atoms with E-state index in [2.05, 4.69) is 16.0 Å². The molecule has 0 saturated heterocycles. The molecule has 25 heavy (non-hydrogen) atoms. The third-order valence-corrected chi connectivity index (χ3v) is 4.05. The molecule has 0 radical (unpaired) electrons. The number of nitrogens with one attached hydrogen (secondary N) is 1. The molecular weight excluding hydrogens is 314 g/mol. The van der Waals surface area contributed by atoms with E-state index in [4.69, 9.17) is 9.72 Å². The zero-order valence-corrected chi connectivity index (χ0v) is 14.8. The van der Waals surface area contributed by atoms with E-state index >= 15 is 0 Å². The van der Waals surface area contributed by atoms with E-state index in [9.17, 15) is 4.79 Å². The minimum absolute atomic E-state index is 0.0922. The average molecular weight is 337 g/mol. The first-order valence-corrected chi connectivity index (χ1v) is 8.49. The molecule has 0 aliphatic rings. The molecule has 0 spiro atoms. The number of imidazole rings is 1. The van der Waals surface area contributed by atoms with Crippen LogP contribution in [0, 0.1) is 0 Å². The Balaban J connectivity index is 1.98. The monoisotopic (exact) mass is 337 g/mol. The van der Waals surface area contributed by atoms with Gasteiger partial charge in [0.2, 0.25) is 0 Å². The number of hydrogen-bond acceptors (Lipinski definition) is 3. The van der Waals surface area contributed by atoms with Crippen LogP contribution in [0.2, 0.25) is 0 Å². The van der Waals surface area contributed by atoms with Gasteiger partial charge in [0.1, 0.15) is 5.82 Å². The minimum atomic E-state index is -0.0922. The summed E-state index contributed by atoms with van der Waals surface area (Å²) in [5.74, 6) is 0.794. The van der Waals surface area contributed by atoms with E-state index in [0.717, 1.165) is 29.0 Å². The molecule has 1 N–H and O–H groups in total. The van der Waals surface area contributed by atoms with Gasteiger partial charge in [-0.05, 0) is 38.1 Å². The second kappa shape index (κ2) is 7.49. The van der Waals surface area contributed by atoms with E-state index in [1.807, 2.05) is 56.3 Å². The molecule has 0 aliphatic heterocycles. The molecule has 0 atom stereocenters. The van der Waals surface area contributed by atoms with Gasteiger partial charge in [-0.1, -0.05) is 24.3 Å². The van der Waals surface area contributed by atoms with Gasteiger partial charge in [-0.2, -0.15) is 0 Å². The molecule has 130 valence electrons. The van der Waals surface area contributed by atoms with E-state index < -0.39 is 0 Å². The van der Waals surface area contributed by atoms with Gasteiger partial charge in [0, 0.05) is 24.7 Å². The lowest BCUT2D eigenvalue weighted by molar-refractivity contribution is 0.0735. The molecule has 1 amide bonds. The van der Waals surface area contributed by atoms with E-state index in [0.29, 0.717) is 12.2 Å². The van der Waals surface area contributed by atoms with Gasteiger partial charge >= 0.3 is 0 Å². The maximum atomic E-state index is 11.7. The SMILES string of the molecule is CNC(=O)c1ccc(-c2nc3ccccc3n2CCOC(C)C)cc1. The lowest BCUT2D eigenvalue weighted by Gasteiger charge is -2.12. The van der Waals surface area contributed by atoms with Crippen molar-refractivity contribution < 1.29 is 9.53 Å². The molecule has 5 nitrogen and oxygen atoms in total. The quantitative estimate of drug-likeness (QED) is 0.749. The van der Waals surface area contributed by atoms with Crippen molar-refractivity contribution in [2.24, 2.45) is 0 Å². The third-order valence-electron chi connectivity index (χ3n) is 4.05. The second-order valence-corrected chi connectivity index (χ2v) is 6.15. The highest BCUT2D eigenvalue weighted by Gasteiger charge is 2.13. The largest absolute Gasteiger partial charge is 0.377 e. The van der Waals surface area contributed by atoms with E-state index in [-0.39, 0.29) is 12.0 Å². The van der Waals surface area contributed by atoms with Gasteiger partial charge in [0.15, 0.2) is 0 Å². The summed E-state index contributed by atoms with van der Waals surface area (Å²) in [5.41, 5.74) is 3.66. The number of ether oxygens (including phenoxy) is 1. The number of carbonyl (C=O) groups is 1. The van der Waals surface area contributed by atoms with Crippen molar-refractivity contribution in [1.29, 1.82) is 0 Å². The summed E-state index contributed by atoms with van der Waals surface area (Å²) in [6.07, 6.45) is 0.199. The summed E-state index contributed by atoms with van der Waals surface area (Å²) < 4.78 is 7.89. The summed E-state index contributed by atoms with van der Waals surface area (Å²) in [4.78, 5) is 16.5. The zero-order valence-electron chi connectivity index (χ0n) is 14.8. The number of aromatic nitrogens is 2. The van der Waals surface area contributed by atoms with Gasteiger partial charge in [-0.25, -0.2) is 4.98 Å². The summed E-state index contributed by atoms with van der Waals surface area (Å²) in [7, 11) is 1.63. The molecule has 1 heterocycles. The lowest BCUT2D eigenvalue weighted by atomic mass is 10.1. The number of benzene rings is 2. The standard InChI is InChI=1S/C20H23N3O2/c1-14(2)25-13-12-23-18-7-5-4-6-17(18)22-19(23)15-8-10-16(11-9-15)20(24)21-3/h4-11,14H,12-13H2,1-3H3,(H,21,24). The van der Waals surface area contributed by atoms with Crippen LogP contribution in [0.25, 0.3) is 22.4 Å². The Hall–Kier alpha value is -2.66. The first kappa shape index (κ1) is 17.2. The highest BCUT2D eigenvalue weighted by atomic mass is 16.5. The summed E-state index contributed by atoms with van der Waals surface area (Å²) in [5, 5.41) is 2.64. The number of rotatable bonds is 6. The van der Waals surface area contributed by atoms with Gasteiger partial charge in [0.25, 0.3) is 5.91 Å². The zero-order chi connectivity index (χ0) is 17.8. The number of nitrogens with zero attached hydrogens (tertiary/aromatic N) is 2. The highest BCUT2D eigenvalue weighted by Crippen LogP contribution is 2.25. The number of hydrogen-bond donors (Lipinski definition) is 1. The maximum Gasteiger partial charge on any atom is 0.251 e. The van der Waals surface area contributed by atoms with Crippen LogP contribution in [-0.2, 0) is 11.3 Å². The van der Waals surface area contributed by atoms with Crippen LogP contribution in [0.3, 0.4) is 0 Å². The molecule has 0 unspecified atom stereocenters. The number of para-hydroxylation sites is 2. The van der Waals surface area contributed by atoms with Crippen molar-refractivity contribution in [1.82, 2.24) is 14.9 Å². The smallest absolute Gasteiger partial charge is 0.251 e. The van der Waals surface area contributed by atoms with Crippen molar-refractivity contribution >= 4 is 16.9 Å². The topological polar surface area (TPSA) is 56.2 Å². The first-order chi connectivity index (χ1) is 12.1. The maximum absolute atomic E-state index is 11.7. The van der Waals surface area contributed by atoms with Crippen LogP contribution < -0.4 is 5.32 Å². The van der Waals surface area contributed by atoms with Crippen LogP contribution in [0.15, 0.2) is 48.5 Å². The summed E-state index contributed by atoms with van der Waals surface area (Å²) in [6, 6.07) is 15.6. The molecule has 2 aromatic carbocycles. The predicted octanol–water partition coefficient (Wildman–Crippen LogP) is 3.49. The average Bonchev–Trinajstić information content (AvgIpc) is 3.00. The second-order valence-electron chi connectivity index (χ2n) is 6.15. The van der Waals surface area contributed by atoms with Crippen molar-refractivity contribution in [2.75, 3.05) is 13.7 Å². The Kier molecular flexibility index (Phi) is 5.14. The van der Waals surface area contributed by atoms with Gasteiger partial charge in [-0.15, -0.1) is 0 Å². The number of amides is 1. The lowest BCUT2D eigenvalue weighted by Crippen LogP contribution is -2.17. The molecule has 0 fully saturated rings. The Morgan fingerprint density at radius 1 is 1.16 bits per heavy atom. The third kappa shape index (κ3) is 3.72. The number of fused-ring (bicyclic) bond motifs is 1. The van der Waals surface area contributed by atoms with Crippen LogP contribution >= 0.6 is 0 Å². The Morgan fingerprint density at radius 3 is 2.56 bits per heavy atom. The normalized spacial score (nSPS) is 11.2. The van der Waals surface area contributed by atoms with Gasteiger partial charge < -0.3 is 14.6 Å². The Morgan fingerprint density at radius 2 is 1.88 bits per heavy atom. The Labute approximate surface area is 147 Å². The van der Waals surface area contributed by atoms with Crippen LogP contribution in [0.4, 0.5) is 0 Å². The summed E-state index contributed by atoms with van der Waals surface area (Å²) >= 11 is 0. The molecule has 3 rings (SSSR count). The van der Waals surface area contributed by atoms with Crippen LogP contribution in [0.5, 0.6) is 0 Å². The van der Waals surface area contributed by atoms with Crippen LogP contribution in [0.1, 0.15) is 24.2 Å². The molecule has 5 heteroatoms. The molecule has 3 aromatic rings. The Bertz CT molecular complexity index is 866. The molecule has 0 saturated carbocycles. The fourth-order valence-electron chi connectivity index (χ4n) is 2.82. The molecule has 0 bridgehead atoms. The van der Waals surface area contributed by atoms with Crippen molar-refractivity contribution in [3.05, 3.63) is 54.1 Å². The molecule has 1 aromatic heterocycles. The van der Waals surface area contributed by atoms with Crippen molar-refractivity contribution in [3.8, 4) is 11.4 Å². The van der Waals surface area contributed by atoms with E-state index in [1.54, 1.807) is 7.05 Å². The van der Waals surface area contributed by atoms with E-state index in [1.165, 1.54) is 0 Å². The number of carbonyl (C=O) groups excluding carboxylic acids is 1. The van der Waals surface area contributed by atoms with Gasteiger partial charge in [-0.3, -0.25) is 4.79 Å². The fourth-order valence-corrected chi connectivity index (χ4v) is 2.82. The van der Waals surface area contributed by atoms with Crippen molar-refractivity contribution in [3.63, 3.8) is 0 Å². The molecular formula is C20H23N3O2. The molecule has 0 aliphatic carbocycles. The minimum Gasteiger partial charge on any atom is -0.377 e. The predicted molar refractivity (Wildman–Crippen MR) is 99.6 cm³/mol. The van der Waals surface area contributed by atoms with Gasteiger partial charge in [0.05, 0.1) is 23.7 Å². The first-order valence-electron chi connectivity index (χ1n) is 8.49. The van der Waals surface area contributed by atoms with Crippen LogP contribution in [-0.4, -0.2) is 35.2 Å². The summed E-state index contributed by atoms with van der Waals surface area (Å²) in [6.45, 7) is 5.42. The highest BCUT2D eigenvalue weighted by molar-refractivity contribution is 5.94.